The molecule has 0 aliphatic carbocycles. The van der Waals surface area contributed by atoms with Crippen molar-refractivity contribution in [3.8, 4) is 0 Å². The van der Waals surface area contributed by atoms with E-state index in [0.29, 0.717) is 25.5 Å². The van der Waals surface area contributed by atoms with Gasteiger partial charge in [0.2, 0.25) is 10.0 Å². The van der Waals surface area contributed by atoms with Crippen molar-refractivity contribution in [2.45, 2.75) is 5.60 Å². The third-order valence-electron chi connectivity index (χ3n) is 4.20. The third-order valence-corrected chi connectivity index (χ3v) is 5.45. The van der Waals surface area contributed by atoms with Gasteiger partial charge in [-0.05, 0) is 12.1 Å². The molecule has 2 aliphatic heterocycles. The Bertz CT molecular complexity index is 696. The lowest BCUT2D eigenvalue weighted by atomic mass is 10.0. The highest BCUT2D eigenvalue weighted by Gasteiger charge is 2.43. The van der Waals surface area contributed by atoms with Crippen molar-refractivity contribution in [3.05, 3.63) is 30.1 Å². The fourth-order valence-corrected chi connectivity index (χ4v) is 3.88. The average Bonchev–Trinajstić information content (AvgIpc) is 2.77. The zero-order chi connectivity index (χ0) is 17.2. The van der Waals surface area contributed by atoms with Crippen LogP contribution in [0.4, 0.5) is 0 Å². The van der Waals surface area contributed by atoms with Gasteiger partial charge in [-0.2, -0.15) is 4.31 Å². The molecular formula is C15H21N3O5S. The summed E-state index contributed by atoms with van der Waals surface area (Å²) in [6, 6.07) is 5.17. The van der Waals surface area contributed by atoms with Gasteiger partial charge in [-0.1, -0.05) is 6.07 Å². The van der Waals surface area contributed by atoms with E-state index >= 15 is 0 Å². The van der Waals surface area contributed by atoms with Gasteiger partial charge in [0.1, 0.15) is 11.3 Å². The fourth-order valence-electron chi connectivity index (χ4n) is 3.01. The normalized spacial score (nSPS) is 26.3. The summed E-state index contributed by atoms with van der Waals surface area (Å²) in [5, 5.41) is 0. The second kappa shape index (κ2) is 6.75. The number of amides is 1. The Morgan fingerprint density at radius 1 is 1.25 bits per heavy atom. The number of ether oxygens (including phenoxy) is 2. The number of rotatable bonds is 2. The van der Waals surface area contributed by atoms with Gasteiger partial charge in [-0.3, -0.25) is 9.78 Å². The van der Waals surface area contributed by atoms with Gasteiger partial charge < -0.3 is 14.4 Å². The number of hydrogen-bond acceptors (Lipinski definition) is 6. The number of carbonyl (C=O) groups is 1. The molecular weight excluding hydrogens is 334 g/mol. The highest BCUT2D eigenvalue weighted by molar-refractivity contribution is 7.88. The van der Waals surface area contributed by atoms with Crippen LogP contribution in [0.5, 0.6) is 0 Å². The summed E-state index contributed by atoms with van der Waals surface area (Å²) < 4.78 is 36.7. The van der Waals surface area contributed by atoms with Gasteiger partial charge in [0.25, 0.3) is 5.91 Å². The molecule has 1 spiro atoms. The minimum absolute atomic E-state index is 0.178. The smallest absolute Gasteiger partial charge is 0.272 e. The summed E-state index contributed by atoms with van der Waals surface area (Å²) >= 11 is 0. The van der Waals surface area contributed by atoms with E-state index in [9.17, 15) is 13.2 Å². The zero-order valence-corrected chi connectivity index (χ0v) is 14.4. The van der Waals surface area contributed by atoms with Crippen LogP contribution < -0.4 is 0 Å². The first-order valence-corrected chi connectivity index (χ1v) is 9.62. The summed E-state index contributed by atoms with van der Waals surface area (Å²) in [5.41, 5.74) is -0.480. The quantitative estimate of drug-likeness (QED) is 0.716. The second-order valence-corrected chi connectivity index (χ2v) is 8.10. The van der Waals surface area contributed by atoms with Gasteiger partial charge in [-0.25, -0.2) is 8.42 Å². The topological polar surface area (TPSA) is 89.0 Å². The molecule has 1 aromatic heterocycles. The largest absolute Gasteiger partial charge is 0.377 e. The SMILES string of the molecule is CS(=O)(=O)N1CCOC[C@]2(CN(C(=O)c3ccccn3)CCO2)C1. The number of pyridine rings is 1. The number of nitrogens with zero attached hydrogens (tertiary/aromatic N) is 3. The lowest BCUT2D eigenvalue weighted by molar-refractivity contribution is -0.129. The van der Waals surface area contributed by atoms with E-state index < -0.39 is 15.6 Å². The fraction of sp³-hybridized carbons (Fsp3) is 0.600. The molecule has 1 amide bonds. The third kappa shape index (κ3) is 3.75. The molecule has 1 atom stereocenters. The van der Waals surface area contributed by atoms with Gasteiger partial charge in [0.05, 0.1) is 32.6 Å². The molecule has 1 aromatic rings. The van der Waals surface area contributed by atoms with Crippen LogP contribution in [0.15, 0.2) is 24.4 Å². The predicted octanol–water partition coefficient (Wildman–Crippen LogP) is -0.415. The molecule has 0 aromatic carbocycles. The summed E-state index contributed by atoms with van der Waals surface area (Å²) in [6.45, 7) is 2.08. The number of morpholine rings is 1. The Hall–Kier alpha value is -1.55. The van der Waals surface area contributed by atoms with Crippen LogP contribution in [-0.2, 0) is 19.5 Å². The van der Waals surface area contributed by atoms with E-state index in [1.54, 1.807) is 29.3 Å². The van der Waals surface area contributed by atoms with Crippen molar-refractivity contribution >= 4 is 15.9 Å². The molecule has 3 heterocycles. The number of hydrogen-bond donors (Lipinski definition) is 0. The molecule has 0 N–H and O–H groups in total. The minimum Gasteiger partial charge on any atom is -0.377 e. The van der Waals surface area contributed by atoms with Gasteiger partial charge in [-0.15, -0.1) is 0 Å². The minimum atomic E-state index is -3.36. The molecule has 0 unspecified atom stereocenters. The number of carbonyl (C=O) groups excluding carboxylic acids is 1. The Morgan fingerprint density at radius 2 is 2.08 bits per heavy atom. The van der Waals surface area contributed by atoms with E-state index in [4.69, 9.17) is 9.47 Å². The first-order chi connectivity index (χ1) is 11.4. The maximum atomic E-state index is 12.6. The van der Waals surface area contributed by atoms with Crippen LogP contribution in [0.3, 0.4) is 0 Å². The highest BCUT2D eigenvalue weighted by Crippen LogP contribution is 2.24. The van der Waals surface area contributed by atoms with Crippen molar-refractivity contribution in [1.82, 2.24) is 14.2 Å². The molecule has 2 fully saturated rings. The maximum Gasteiger partial charge on any atom is 0.272 e. The molecule has 132 valence electrons. The second-order valence-electron chi connectivity index (χ2n) is 6.12. The van der Waals surface area contributed by atoms with E-state index in [1.807, 2.05) is 0 Å². The Balaban J connectivity index is 1.79. The molecule has 2 aliphatic rings. The number of aromatic nitrogens is 1. The average molecular weight is 355 g/mol. The van der Waals surface area contributed by atoms with E-state index in [-0.39, 0.29) is 32.1 Å². The highest BCUT2D eigenvalue weighted by atomic mass is 32.2. The van der Waals surface area contributed by atoms with E-state index in [1.165, 1.54) is 10.6 Å². The van der Waals surface area contributed by atoms with Gasteiger partial charge >= 0.3 is 0 Å². The van der Waals surface area contributed by atoms with Crippen molar-refractivity contribution in [3.63, 3.8) is 0 Å². The molecule has 0 bridgehead atoms. The van der Waals surface area contributed by atoms with Crippen LogP contribution in [0.25, 0.3) is 0 Å². The Labute approximate surface area is 141 Å². The lowest BCUT2D eigenvalue weighted by Gasteiger charge is -2.42. The van der Waals surface area contributed by atoms with E-state index in [0.717, 1.165) is 0 Å². The summed E-state index contributed by atoms with van der Waals surface area (Å²) in [6.07, 6.45) is 2.75. The molecule has 2 saturated heterocycles. The van der Waals surface area contributed by atoms with Crippen LogP contribution in [-0.4, -0.2) is 86.4 Å². The van der Waals surface area contributed by atoms with Crippen molar-refractivity contribution in [2.24, 2.45) is 0 Å². The monoisotopic (exact) mass is 355 g/mol. The molecule has 24 heavy (non-hydrogen) atoms. The van der Waals surface area contributed by atoms with Crippen LogP contribution in [0.2, 0.25) is 0 Å². The van der Waals surface area contributed by atoms with Crippen LogP contribution in [0, 0.1) is 0 Å². The van der Waals surface area contributed by atoms with E-state index in [2.05, 4.69) is 4.98 Å². The van der Waals surface area contributed by atoms with Gasteiger partial charge in [0.15, 0.2) is 0 Å². The van der Waals surface area contributed by atoms with Crippen molar-refractivity contribution in [2.75, 3.05) is 52.3 Å². The molecule has 0 radical (unpaired) electrons. The summed E-state index contributed by atoms with van der Waals surface area (Å²) in [5.74, 6) is -0.187. The maximum absolute atomic E-state index is 12.6. The summed E-state index contributed by atoms with van der Waals surface area (Å²) in [7, 11) is -3.36. The Kier molecular flexibility index (Phi) is 4.86. The Morgan fingerprint density at radius 3 is 2.79 bits per heavy atom. The molecule has 3 rings (SSSR count). The summed E-state index contributed by atoms with van der Waals surface area (Å²) in [4.78, 5) is 18.4. The predicted molar refractivity (Wildman–Crippen MR) is 86.1 cm³/mol. The standard InChI is InChI=1S/C15H21N3O5S/c1-24(20,21)18-7-8-22-12-15(11-18)10-17(6-9-23-15)14(19)13-4-2-3-5-16-13/h2-5H,6-12H2,1H3/t15-/m0/s1. The van der Waals surface area contributed by atoms with Crippen molar-refractivity contribution < 1.29 is 22.7 Å². The van der Waals surface area contributed by atoms with Crippen molar-refractivity contribution in [1.29, 1.82) is 0 Å². The van der Waals surface area contributed by atoms with Gasteiger partial charge in [0, 0.05) is 25.8 Å². The molecule has 8 nitrogen and oxygen atoms in total. The lowest BCUT2D eigenvalue weighted by Crippen LogP contribution is -2.60. The first kappa shape index (κ1) is 17.3. The molecule has 9 heteroatoms. The van der Waals surface area contributed by atoms with Crippen LogP contribution in [0.1, 0.15) is 10.5 Å². The first-order valence-electron chi connectivity index (χ1n) is 7.77. The molecule has 0 saturated carbocycles. The zero-order valence-electron chi connectivity index (χ0n) is 13.6. The van der Waals surface area contributed by atoms with Crippen LogP contribution >= 0.6 is 0 Å². The number of sulfonamides is 1.